The number of nitrogens with zero attached hydrogens (tertiary/aromatic N) is 2. The zero-order chi connectivity index (χ0) is 27.3. The standard InChI is InChI=1S/C26H36N2O6S2/c1-8-26(9-2,22-15-18(4)24(35-22)36(32,33)13-12-23(29)28-31)19-10-11-20(17(3)14-19)34-16-21(27-30)25(5,6)7/h10-11,14-15,21H,8-9,12-13,16H2,1-7H3. The number of thiophene rings is 1. The average molecular weight is 537 g/mol. The van der Waals surface area contributed by atoms with Crippen LogP contribution in [0, 0.1) is 29.1 Å². The van der Waals surface area contributed by atoms with Crippen LogP contribution in [0.15, 0.2) is 38.8 Å². The Hall–Kier alpha value is -2.46. The Kier molecular flexibility index (Phi) is 9.70. The topological polar surface area (TPSA) is 119 Å². The van der Waals surface area contributed by atoms with E-state index in [4.69, 9.17) is 4.74 Å². The number of rotatable bonds is 12. The van der Waals surface area contributed by atoms with E-state index in [-0.39, 0.29) is 16.2 Å². The monoisotopic (exact) mass is 536 g/mol. The molecule has 0 bridgehead atoms. The van der Waals surface area contributed by atoms with Crippen LogP contribution < -0.4 is 4.74 Å². The van der Waals surface area contributed by atoms with Crippen molar-refractivity contribution in [3.8, 4) is 5.75 Å². The first-order chi connectivity index (χ1) is 16.7. The van der Waals surface area contributed by atoms with E-state index >= 15 is 0 Å². The zero-order valence-electron chi connectivity index (χ0n) is 22.1. The lowest BCUT2D eigenvalue weighted by Gasteiger charge is -2.32. The highest BCUT2D eigenvalue weighted by Gasteiger charge is 2.35. The summed E-state index contributed by atoms with van der Waals surface area (Å²) in [5.74, 6) is -0.739. The Balaban J connectivity index is 2.42. The predicted molar refractivity (Wildman–Crippen MR) is 144 cm³/mol. The van der Waals surface area contributed by atoms with Gasteiger partial charge in [-0.2, -0.15) is 4.91 Å². The molecular weight excluding hydrogens is 500 g/mol. The molecule has 2 aromatic rings. The number of amides is 1. The Morgan fingerprint density at radius 2 is 1.69 bits per heavy atom. The van der Waals surface area contributed by atoms with E-state index < -0.39 is 39.4 Å². The first-order valence-corrected chi connectivity index (χ1v) is 14.5. The molecule has 0 saturated heterocycles. The summed E-state index contributed by atoms with van der Waals surface area (Å²) in [6.45, 7) is 13.9. The van der Waals surface area contributed by atoms with E-state index in [1.54, 1.807) is 6.92 Å². The molecule has 0 spiro atoms. The van der Waals surface area contributed by atoms with Crippen molar-refractivity contribution in [3.05, 3.63) is 55.6 Å². The van der Waals surface area contributed by atoms with Gasteiger partial charge in [0.05, 0.1) is 5.75 Å². The molecule has 0 aliphatic rings. The largest absolute Gasteiger partial charge is 0.491 e. The predicted octanol–water partition coefficient (Wildman–Crippen LogP) is 6.49. The fraction of sp³-hybridized carbons (Fsp3) is 0.577. The first kappa shape index (κ1) is 29.8. The number of hydrogen-bond donors (Lipinski definition) is 0. The smallest absolute Gasteiger partial charge is 0.287 e. The van der Waals surface area contributed by atoms with Crippen LogP contribution in [0.25, 0.3) is 0 Å². The minimum atomic E-state index is -3.73. The molecule has 1 aromatic carbocycles. The van der Waals surface area contributed by atoms with Crippen LogP contribution in [0.1, 0.15) is 75.4 Å². The van der Waals surface area contributed by atoms with Crippen molar-refractivity contribution >= 4 is 27.1 Å². The van der Waals surface area contributed by atoms with Gasteiger partial charge >= 0.3 is 0 Å². The third-order valence-corrected chi connectivity index (χ3v) is 10.6. The van der Waals surface area contributed by atoms with E-state index in [1.807, 2.05) is 45.9 Å². The maximum Gasteiger partial charge on any atom is 0.287 e. The molecule has 36 heavy (non-hydrogen) atoms. The summed E-state index contributed by atoms with van der Waals surface area (Å²) >= 11 is 1.22. The minimum absolute atomic E-state index is 0.188. The van der Waals surface area contributed by atoms with Crippen LogP contribution in [0.5, 0.6) is 5.75 Å². The maximum absolute atomic E-state index is 12.9. The van der Waals surface area contributed by atoms with Gasteiger partial charge in [0.2, 0.25) is 0 Å². The van der Waals surface area contributed by atoms with Crippen molar-refractivity contribution < 1.29 is 17.9 Å². The van der Waals surface area contributed by atoms with Gasteiger partial charge in [0, 0.05) is 21.9 Å². The fourth-order valence-corrected chi connectivity index (χ4v) is 7.70. The number of ether oxygens (including phenoxy) is 1. The molecule has 10 heteroatoms. The molecule has 0 N–H and O–H groups in total. The third kappa shape index (κ3) is 6.45. The molecular formula is C26H36N2O6S2. The number of carbonyl (C=O) groups is 1. The molecule has 8 nitrogen and oxygen atoms in total. The van der Waals surface area contributed by atoms with Crippen LogP contribution in [0.2, 0.25) is 0 Å². The highest BCUT2D eigenvalue weighted by molar-refractivity contribution is 7.93. The number of carbonyl (C=O) groups excluding carboxylic acids is 1. The van der Waals surface area contributed by atoms with E-state index in [2.05, 4.69) is 30.3 Å². The van der Waals surface area contributed by atoms with Gasteiger partial charge in [-0.25, -0.2) is 8.42 Å². The van der Waals surface area contributed by atoms with E-state index in [0.29, 0.717) is 11.3 Å². The van der Waals surface area contributed by atoms with Crippen molar-refractivity contribution in [3.63, 3.8) is 0 Å². The van der Waals surface area contributed by atoms with Crippen molar-refractivity contribution in [1.29, 1.82) is 0 Å². The zero-order valence-corrected chi connectivity index (χ0v) is 23.7. The second kappa shape index (κ2) is 11.7. The third-order valence-electron chi connectivity index (χ3n) is 6.77. The number of aryl methyl sites for hydroxylation is 2. The lowest BCUT2D eigenvalue weighted by atomic mass is 9.74. The number of sulfone groups is 1. The number of hydrogen-bond acceptors (Lipinski definition) is 8. The van der Waals surface area contributed by atoms with Crippen molar-refractivity contribution in [2.75, 3.05) is 12.4 Å². The second-order valence-corrected chi connectivity index (χ2v) is 13.6. The highest BCUT2D eigenvalue weighted by Crippen LogP contribution is 2.45. The molecule has 198 valence electrons. The van der Waals surface area contributed by atoms with Gasteiger partial charge in [0.25, 0.3) is 5.91 Å². The van der Waals surface area contributed by atoms with Gasteiger partial charge in [-0.3, -0.25) is 4.79 Å². The molecule has 0 saturated carbocycles. The van der Waals surface area contributed by atoms with Gasteiger partial charge in [-0.15, -0.1) is 16.2 Å². The summed E-state index contributed by atoms with van der Waals surface area (Å²) in [4.78, 5) is 33.8. The molecule has 1 aromatic heterocycles. The molecule has 1 atom stereocenters. The normalized spacial score (nSPS) is 13.3. The molecule has 0 aliphatic heterocycles. The van der Waals surface area contributed by atoms with Gasteiger partial charge in [0.1, 0.15) is 22.6 Å². The highest BCUT2D eigenvalue weighted by atomic mass is 32.2. The van der Waals surface area contributed by atoms with Gasteiger partial charge < -0.3 is 4.74 Å². The minimum Gasteiger partial charge on any atom is -0.491 e. The van der Waals surface area contributed by atoms with Crippen LogP contribution >= 0.6 is 11.3 Å². The van der Waals surface area contributed by atoms with Crippen LogP contribution in [-0.2, 0) is 20.0 Å². The van der Waals surface area contributed by atoms with Crippen molar-refractivity contribution in [2.24, 2.45) is 15.8 Å². The summed E-state index contributed by atoms with van der Waals surface area (Å²) in [5.41, 5.74) is 1.87. The summed E-state index contributed by atoms with van der Waals surface area (Å²) in [5, 5.41) is 5.52. The summed E-state index contributed by atoms with van der Waals surface area (Å²) in [7, 11) is -3.73. The molecule has 1 heterocycles. The van der Waals surface area contributed by atoms with Gasteiger partial charge in [-0.05, 0) is 60.9 Å². The average Bonchev–Trinajstić information content (AvgIpc) is 3.22. The van der Waals surface area contributed by atoms with E-state index in [1.165, 1.54) is 11.3 Å². The molecule has 0 fully saturated rings. The summed E-state index contributed by atoms with van der Waals surface area (Å²) < 4.78 is 32.0. The second-order valence-electron chi connectivity index (χ2n) is 10.2. The Bertz CT molecular complexity index is 1210. The lowest BCUT2D eigenvalue weighted by molar-refractivity contribution is -0.117. The molecule has 0 aliphatic carbocycles. The van der Waals surface area contributed by atoms with Gasteiger partial charge in [0.15, 0.2) is 9.84 Å². The molecule has 1 unspecified atom stereocenters. The SMILES string of the molecule is CCC(CC)(c1ccc(OCC(N=O)C(C)(C)C)c(C)c1)c1cc(C)c(S(=O)(=O)CCC(=O)N=O)s1. The van der Waals surface area contributed by atoms with Crippen LogP contribution in [-0.4, -0.2) is 32.7 Å². The lowest BCUT2D eigenvalue weighted by Crippen LogP contribution is -2.30. The first-order valence-electron chi connectivity index (χ1n) is 12.0. The van der Waals surface area contributed by atoms with E-state index in [9.17, 15) is 23.0 Å². The molecule has 1 amide bonds. The number of benzene rings is 1. The Labute approximate surface area is 217 Å². The van der Waals surface area contributed by atoms with Crippen molar-refractivity contribution in [1.82, 2.24) is 0 Å². The molecule has 2 rings (SSSR count). The fourth-order valence-electron chi connectivity index (χ4n) is 4.24. The van der Waals surface area contributed by atoms with Gasteiger partial charge in [-0.1, -0.05) is 51.9 Å². The van der Waals surface area contributed by atoms with Crippen LogP contribution in [0.3, 0.4) is 0 Å². The van der Waals surface area contributed by atoms with Crippen molar-refractivity contribution in [2.45, 2.75) is 83.4 Å². The summed E-state index contributed by atoms with van der Waals surface area (Å²) in [6.07, 6.45) is 1.07. The number of nitroso groups, excluding NO2 is 2. The Morgan fingerprint density at radius 3 is 2.19 bits per heavy atom. The quantitative estimate of drug-likeness (QED) is 0.286. The summed E-state index contributed by atoms with van der Waals surface area (Å²) in [6, 6.07) is 7.38. The van der Waals surface area contributed by atoms with Crippen LogP contribution in [0.4, 0.5) is 0 Å². The maximum atomic E-state index is 12.9. The molecule has 0 radical (unpaired) electrons. The van der Waals surface area contributed by atoms with E-state index in [0.717, 1.165) is 28.8 Å². The Morgan fingerprint density at radius 1 is 1.06 bits per heavy atom.